The topological polar surface area (TPSA) is 129 Å². The predicted octanol–water partition coefficient (Wildman–Crippen LogP) is 3.62. The van der Waals surface area contributed by atoms with Crippen molar-refractivity contribution in [2.24, 2.45) is 0 Å². The molecule has 0 aliphatic carbocycles. The molecule has 9 nitrogen and oxygen atoms in total. The number of carbonyl (C=O) groups excluding carboxylic acids is 2. The Labute approximate surface area is 195 Å². The quantitative estimate of drug-likeness (QED) is 0.432. The molecule has 0 aliphatic rings. The molecule has 33 heavy (non-hydrogen) atoms. The summed E-state index contributed by atoms with van der Waals surface area (Å²) in [5, 5.41) is 3.84. The van der Waals surface area contributed by atoms with Gasteiger partial charge in [0, 0.05) is 47.0 Å². The van der Waals surface area contributed by atoms with Crippen molar-refractivity contribution in [1.82, 2.24) is 24.5 Å². The van der Waals surface area contributed by atoms with E-state index >= 15 is 0 Å². The van der Waals surface area contributed by atoms with E-state index in [2.05, 4.69) is 25.3 Å². The summed E-state index contributed by atoms with van der Waals surface area (Å²) < 4.78 is 1.89. The number of hydrogen-bond acceptors (Lipinski definition) is 7. The predicted molar refractivity (Wildman–Crippen MR) is 126 cm³/mol. The van der Waals surface area contributed by atoms with E-state index in [1.807, 2.05) is 25.3 Å². The Balaban J connectivity index is 1.61. The first-order valence-corrected chi connectivity index (χ1v) is 10.5. The lowest BCUT2D eigenvalue weighted by Crippen LogP contribution is -2.21. The van der Waals surface area contributed by atoms with Crippen molar-refractivity contribution < 1.29 is 9.59 Å². The molecular weight excluding hydrogens is 442 g/mol. The van der Waals surface area contributed by atoms with E-state index < -0.39 is 0 Å². The van der Waals surface area contributed by atoms with Gasteiger partial charge in [0.05, 0.1) is 28.9 Å². The van der Waals surface area contributed by atoms with Crippen LogP contribution in [0.2, 0.25) is 5.02 Å². The number of nitrogen functional groups attached to an aromatic ring is 1. The largest absolute Gasteiger partial charge is 0.368 e. The van der Waals surface area contributed by atoms with Gasteiger partial charge in [-0.3, -0.25) is 19.6 Å². The van der Waals surface area contributed by atoms with Crippen molar-refractivity contribution in [2.45, 2.75) is 32.7 Å². The maximum atomic E-state index is 13.4. The zero-order valence-electron chi connectivity index (χ0n) is 18.3. The molecule has 0 saturated carbocycles. The van der Waals surface area contributed by atoms with Gasteiger partial charge in [-0.15, -0.1) is 0 Å². The molecule has 0 atom stereocenters. The molecule has 4 aromatic rings. The summed E-state index contributed by atoms with van der Waals surface area (Å²) in [6, 6.07) is 4.93. The van der Waals surface area contributed by atoms with Gasteiger partial charge in [-0.2, -0.15) is 4.98 Å². The highest BCUT2D eigenvalue weighted by atomic mass is 35.5. The second kappa shape index (κ2) is 8.59. The third-order valence-corrected chi connectivity index (χ3v) is 5.17. The van der Waals surface area contributed by atoms with Crippen LogP contribution in [0.5, 0.6) is 0 Å². The lowest BCUT2D eigenvalue weighted by atomic mass is 10.1. The van der Waals surface area contributed by atoms with E-state index in [-0.39, 0.29) is 29.6 Å². The van der Waals surface area contributed by atoms with E-state index in [9.17, 15) is 9.59 Å². The molecule has 0 fully saturated rings. The van der Waals surface area contributed by atoms with Gasteiger partial charge in [-0.05, 0) is 39.0 Å². The van der Waals surface area contributed by atoms with E-state index in [0.717, 1.165) is 0 Å². The minimum absolute atomic E-state index is 0.0627. The molecule has 1 amide bonds. The van der Waals surface area contributed by atoms with Gasteiger partial charge >= 0.3 is 0 Å². The Morgan fingerprint density at radius 2 is 1.91 bits per heavy atom. The van der Waals surface area contributed by atoms with Crippen LogP contribution < -0.4 is 11.1 Å². The molecule has 0 bridgehead atoms. The minimum atomic E-state index is -0.332. The maximum Gasteiger partial charge on any atom is 0.230 e. The summed E-state index contributed by atoms with van der Waals surface area (Å²) >= 11 is 5.83. The zero-order chi connectivity index (χ0) is 23.8. The number of rotatable bonds is 5. The molecule has 0 aliphatic heterocycles. The van der Waals surface area contributed by atoms with Crippen LogP contribution in [0.15, 0.2) is 49.2 Å². The number of nitrogens with one attached hydrogen (secondary N) is 1. The van der Waals surface area contributed by atoms with Crippen molar-refractivity contribution in [3.05, 3.63) is 71.0 Å². The standard InChI is InChI=1S/C23H22ClN7O2/c1-23(2,3)31-12-18(17-11-28-22(25)30-21(17)31)20(33)13-6-16(10-26-8-13)29-19(32)7-15-5-4-14(24)9-27-15/h4-6,8-12H,7H2,1-3H3,(H,29,32)(H2,25,28,30). The number of hydrogen-bond donors (Lipinski definition) is 2. The number of anilines is 2. The van der Waals surface area contributed by atoms with Crippen LogP contribution in [0.1, 0.15) is 42.4 Å². The van der Waals surface area contributed by atoms with Crippen LogP contribution in [0.3, 0.4) is 0 Å². The van der Waals surface area contributed by atoms with Crippen molar-refractivity contribution >= 4 is 46.0 Å². The minimum Gasteiger partial charge on any atom is -0.368 e. The highest BCUT2D eigenvalue weighted by Crippen LogP contribution is 2.28. The fourth-order valence-corrected chi connectivity index (χ4v) is 3.49. The fraction of sp³-hybridized carbons (Fsp3) is 0.217. The van der Waals surface area contributed by atoms with Gasteiger partial charge in [-0.25, -0.2) is 4.98 Å². The van der Waals surface area contributed by atoms with Gasteiger partial charge < -0.3 is 15.6 Å². The number of ketones is 1. The molecule has 0 aromatic carbocycles. The highest BCUT2D eigenvalue weighted by molar-refractivity contribution is 6.30. The Kier molecular flexibility index (Phi) is 5.82. The number of aromatic nitrogens is 5. The Morgan fingerprint density at radius 3 is 2.61 bits per heavy atom. The number of amides is 1. The Hall–Kier alpha value is -3.85. The number of carbonyl (C=O) groups is 2. The first kappa shape index (κ1) is 22.3. The average Bonchev–Trinajstić information content (AvgIpc) is 3.14. The lowest BCUT2D eigenvalue weighted by Gasteiger charge is -2.21. The first-order valence-electron chi connectivity index (χ1n) is 10.2. The number of nitrogens with two attached hydrogens (primary N) is 1. The van der Waals surface area contributed by atoms with Crippen LogP contribution in [0.25, 0.3) is 11.0 Å². The summed E-state index contributed by atoms with van der Waals surface area (Å²) in [5.41, 5.74) is 7.75. The molecule has 0 unspecified atom stereocenters. The molecule has 3 N–H and O–H groups in total. The summed E-state index contributed by atoms with van der Waals surface area (Å²) in [5.74, 6) is -0.421. The van der Waals surface area contributed by atoms with Crippen LogP contribution in [0, 0.1) is 0 Å². The molecule has 0 radical (unpaired) electrons. The first-order chi connectivity index (χ1) is 15.6. The third kappa shape index (κ3) is 4.83. The number of nitrogens with zero attached hydrogens (tertiary/aromatic N) is 5. The van der Waals surface area contributed by atoms with Gasteiger partial charge in [0.1, 0.15) is 5.65 Å². The summed E-state index contributed by atoms with van der Waals surface area (Å²) in [6.45, 7) is 6.02. The van der Waals surface area contributed by atoms with Crippen LogP contribution in [-0.4, -0.2) is 36.2 Å². The van der Waals surface area contributed by atoms with Gasteiger partial charge in [-0.1, -0.05) is 11.6 Å². The summed E-state index contributed by atoms with van der Waals surface area (Å²) in [6.07, 6.45) is 7.77. The Morgan fingerprint density at radius 1 is 1.12 bits per heavy atom. The monoisotopic (exact) mass is 463 g/mol. The lowest BCUT2D eigenvalue weighted by molar-refractivity contribution is -0.115. The number of fused-ring (bicyclic) bond motifs is 1. The highest BCUT2D eigenvalue weighted by Gasteiger charge is 2.24. The van der Waals surface area contributed by atoms with Crippen LogP contribution in [0.4, 0.5) is 11.6 Å². The normalized spacial score (nSPS) is 11.5. The van der Waals surface area contributed by atoms with Gasteiger partial charge in [0.15, 0.2) is 5.78 Å². The second-order valence-corrected chi connectivity index (χ2v) is 8.97. The molecule has 10 heteroatoms. The van der Waals surface area contributed by atoms with Crippen molar-refractivity contribution in [2.75, 3.05) is 11.1 Å². The van der Waals surface area contributed by atoms with E-state index in [1.54, 1.807) is 30.6 Å². The summed E-state index contributed by atoms with van der Waals surface area (Å²) in [7, 11) is 0. The van der Waals surface area contributed by atoms with E-state index in [4.69, 9.17) is 17.3 Å². The molecule has 0 saturated heterocycles. The van der Waals surface area contributed by atoms with Crippen molar-refractivity contribution in [3.63, 3.8) is 0 Å². The van der Waals surface area contributed by atoms with Crippen LogP contribution >= 0.6 is 11.6 Å². The van der Waals surface area contributed by atoms with Crippen molar-refractivity contribution in [1.29, 1.82) is 0 Å². The Bertz CT molecular complexity index is 1360. The third-order valence-electron chi connectivity index (χ3n) is 4.95. The average molecular weight is 464 g/mol. The number of pyridine rings is 2. The molecule has 0 spiro atoms. The summed E-state index contributed by atoms with van der Waals surface area (Å²) in [4.78, 5) is 42.4. The van der Waals surface area contributed by atoms with Crippen LogP contribution in [-0.2, 0) is 16.8 Å². The number of halogens is 1. The smallest absolute Gasteiger partial charge is 0.230 e. The molecule has 4 rings (SSSR count). The zero-order valence-corrected chi connectivity index (χ0v) is 19.1. The van der Waals surface area contributed by atoms with Gasteiger partial charge in [0.2, 0.25) is 11.9 Å². The maximum absolute atomic E-state index is 13.4. The molecular formula is C23H22ClN7O2. The van der Waals surface area contributed by atoms with Gasteiger partial charge in [0.25, 0.3) is 0 Å². The second-order valence-electron chi connectivity index (χ2n) is 8.53. The SMILES string of the molecule is CC(C)(C)n1cc(C(=O)c2cncc(NC(=O)Cc3ccc(Cl)cn3)c2)c2cnc(N)nc21. The molecule has 4 aromatic heterocycles. The fourth-order valence-electron chi connectivity index (χ4n) is 3.38. The van der Waals surface area contributed by atoms with E-state index in [0.29, 0.717) is 38.6 Å². The van der Waals surface area contributed by atoms with Crippen molar-refractivity contribution in [3.8, 4) is 0 Å². The molecule has 4 heterocycles. The molecule has 168 valence electrons. The van der Waals surface area contributed by atoms with E-state index in [1.165, 1.54) is 18.6 Å².